The zero-order valence-electron chi connectivity index (χ0n) is 17.1. The Morgan fingerprint density at radius 2 is 1.83 bits per heavy atom. The zero-order valence-corrected chi connectivity index (χ0v) is 17.1. The molecule has 0 aromatic heterocycles. The van der Waals surface area contributed by atoms with Crippen LogP contribution in [-0.4, -0.2) is 46.6 Å². The highest BCUT2D eigenvalue weighted by Crippen LogP contribution is 2.36. The highest BCUT2D eigenvalue weighted by molar-refractivity contribution is 6.35. The number of nitrogens with zero attached hydrogens (tertiary/aromatic N) is 1. The fourth-order valence-corrected chi connectivity index (χ4v) is 4.72. The second-order valence-corrected chi connectivity index (χ2v) is 8.47. The molecular weight excluding hydrogens is 397 g/mol. The number of aliphatic hydroxyl groups is 1. The van der Waals surface area contributed by atoms with Gasteiger partial charge in [-0.05, 0) is 63.1 Å². The van der Waals surface area contributed by atoms with Crippen LogP contribution in [-0.2, 0) is 15.8 Å². The molecule has 0 bridgehead atoms. The molecule has 3 rings (SSSR count). The van der Waals surface area contributed by atoms with Crippen LogP contribution >= 0.6 is 0 Å². The summed E-state index contributed by atoms with van der Waals surface area (Å²) in [5.41, 5.74) is 0.0393. The lowest BCUT2D eigenvalue weighted by Gasteiger charge is -2.36. The van der Waals surface area contributed by atoms with Crippen molar-refractivity contribution in [3.8, 4) is 0 Å². The van der Waals surface area contributed by atoms with E-state index < -0.39 is 29.7 Å². The number of hydrogen-bond donors (Lipinski definition) is 2. The van der Waals surface area contributed by atoms with Gasteiger partial charge in [0.1, 0.15) is 0 Å². The maximum atomic E-state index is 12.8. The van der Waals surface area contributed by atoms with Crippen LogP contribution in [0.25, 0.3) is 0 Å². The van der Waals surface area contributed by atoms with E-state index >= 15 is 0 Å². The lowest BCUT2D eigenvalue weighted by atomic mass is 9.93. The minimum absolute atomic E-state index is 0.112. The van der Waals surface area contributed by atoms with Gasteiger partial charge >= 0.3 is 18.0 Å². The maximum Gasteiger partial charge on any atom is 0.416 e. The minimum Gasteiger partial charge on any atom is -0.393 e. The molecule has 1 saturated heterocycles. The van der Waals surface area contributed by atoms with E-state index in [0.29, 0.717) is 19.4 Å². The Kier molecular flexibility index (Phi) is 7.06. The van der Waals surface area contributed by atoms with Crippen molar-refractivity contribution in [3.05, 3.63) is 35.4 Å². The Morgan fingerprint density at radius 1 is 1.13 bits per heavy atom. The van der Waals surface area contributed by atoms with Crippen LogP contribution in [0.3, 0.4) is 0 Å². The molecular formula is C22H29F3N2O3. The highest BCUT2D eigenvalue weighted by Gasteiger charge is 2.36. The van der Waals surface area contributed by atoms with Gasteiger partial charge in [0.05, 0.1) is 11.7 Å². The van der Waals surface area contributed by atoms with Crippen LogP contribution in [0.5, 0.6) is 0 Å². The van der Waals surface area contributed by atoms with E-state index in [4.69, 9.17) is 0 Å². The number of piperidine rings is 1. The summed E-state index contributed by atoms with van der Waals surface area (Å²) in [5.74, 6) is -1.37. The van der Waals surface area contributed by atoms with E-state index in [1.807, 2.05) is 0 Å². The third-order valence-electron chi connectivity index (χ3n) is 6.19. The molecule has 1 saturated carbocycles. The highest BCUT2D eigenvalue weighted by atomic mass is 19.4. The van der Waals surface area contributed by atoms with Gasteiger partial charge in [-0.15, -0.1) is 0 Å². The lowest BCUT2D eigenvalue weighted by molar-refractivity contribution is -0.149. The van der Waals surface area contributed by atoms with Crippen LogP contribution in [0.1, 0.15) is 68.9 Å². The predicted octanol–water partition coefficient (Wildman–Crippen LogP) is 3.61. The van der Waals surface area contributed by atoms with Crippen molar-refractivity contribution < 1.29 is 27.9 Å². The summed E-state index contributed by atoms with van der Waals surface area (Å²) in [4.78, 5) is 27.0. The summed E-state index contributed by atoms with van der Waals surface area (Å²) in [6, 6.07) is 4.62. The van der Waals surface area contributed by atoms with Crippen LogP contribution in [0, 0.1) is 0 Å². The summed E-state index contributed by atoms with van der Waals surface area (Å²) < 4.78 is 38.4. The Hall–Kier alpha value is -2.09. The topological polar surface area (TPSA) is 69.6 Å². The lowest BCUT2D eigenvalue weighted by Crippen LogP contribution is -2.52. The van der Waals surface area contributed by atoms with Crippen molar-refractivity contribution in [2.75, 3.05) is 6.54 Å². The average Bonchev–Trinajstić information content (AvgIpc) is 3.15. The van der Waals surface area contributed by atoms with E-state index in [9.17, 15) is 27.9 Å². The number of carbonyl (C=O) groups excluding carboxylic acids is 2. The molecule has 166 valence electrons. The molecule has 1 aliphatic heterocycles. The zero-order chi connectivity index (χ0) is 21.9. The average molecular weight is 426 g/mol. The fourth-order valence-electron chi connectivity index (χ4n) is 4.72. The van der Waals surface area contributed by atoms with E-state index in [0.717, 1.165) is 49.8 Å². The number of rotatable bonds is 4. The summed E-state index contributed by atoms with van der Waals surface area (Å²) in [5, 5.41) is 12.5. The van der Waals surface area contributed by atoms with Crippen LogP contribution < -0.4 is 5.32 Å². The fraction of sp³-hybridized carbons (Fsp3) is 0.636. The summed E-state index contributed by atoms with van der Waals surface area (Å²) in [6.45, 7) is 2.17. The molecule has 5 nitrogen and oxygen atoms in total. The molecule has 2 N–H and O–H groups in total. The van der Waals surface area contributed by atoms with Gasteiger partial charge in [-0.1, -0.05) is 18.6 Å². The van der Waals surface area contributed by atoms with Crippen LogP contribution in [0.15, 0.2) is 24.3 Å². The smallest absolute Gasteiger partial charge is 0.393 e. The van der Waals surface area contributed by atoms with Crippen molar-refractivity contribution in [2.45, 2.75) is 82.2 Å². The monoisotopic (exact) mass is 426 g/mol. The van der Waals surface area contributed by atoms with E-state index in [2.05, 4.69) is 5.32 Å². The number of carbonyl (C=O) groups is 2. The summed E-state index contributed by atoms with van der Waals surface area (Å²) in [6.07, 6.45) is 0.322. The third kappa shape index (κ3) is 5.33. The molecule has 2 fully saturated rings. The quantitative estimate of drug-likeness (QED) is 0.723. The number of halogens is 3. The van der Waals surface area contributed by atoms with Gasteiger partial charge in [-0.3, -0.25) is 9.59 Å². The van der Waals surface area contributed by atoms with Gasteiger partial charge in [0.2, 0.25) is 0 Å². The molecule has 0 radical (unpaired) electrons. The van der Waals surface area contributed by atoms with Gasteiger partial charge in [-0.2, -0.15) is 13.2 Å². The normalized spacial score (nSPS) is 25.8. The standard InChI is InChI=1S/C22H29F3N2O3/c1-14(28)13-17-5-2-3-12-27(17)21(30)20(29)26-19-7-4-6-18(19)15-8-10-16(11-9-15)22(23,24)25/h8-11,14,17-19,28H,2-7,12-13H2,1H3,(H,26,29)/t14?,17?,18-,19+/m0/s1. The van der Waals surface area contributed by atoms with Crippen molar-refractivity contribution in [3.63, 3.8) is 0 Å². The first kappa shape index (κ1) is 22.6. The molecule has 30 heavy (non-hydrogen) atoms. The van der Waals surface area contributed by atoms with Crippen molar-refractivity contribution in [2.24, 2.45) is 0 Å². The summed E-state index contributed by atoms with van der Waals surface area (Å²) in [7, 11) is 0. The molecule has 1 heterocycles. The Bertz CT molecular complexity index is 749. The van der Waals surface area contributed by atoms with E-state index in [1.165, 1.54) is 12.1 Å². The number of likely N-dealkylation sites (tertiary alicyclic amines) is 1. The van der Waals surface area contributed by atoms with Crippen LogP contribution in [0.2, 0.25) is 0 Å². The van der Waals surface area contributed by atoms with Gasteiger partial charge in [-0.25, -0.2) is 0 Å². The van der Waals surface area contributed by atoms with Gasteiger partial charge in [0, 0.05) is 24.5 Å². The number of amides is 2. The van der Waals surface area contributed by atoms with Crippen molar-refractivity contribution in [1.29, 1.82) is 0 Å². The number of aliphatic hydroxyl groups excluding tert-OH is 1. The van der Waals surface area contributed by atoms with Gasteiger partial charge in [0.15, 0.2) is 0 Å². The van der Waals surface area contributed by atoms with Crippen molar-refractivity contribution >= 4 is 11.8 Å². The first-order chi connectivity index (χ1) is 14.2. The molecule has 8 heteroatoms. The maximum absolute atomic E-state index is 12.8. The predicted molar refractivity (Wildman–Crippen MR) is 106 cm³/mol. The minimum atomic E-state index is -4.38. The van der Waals surface area contributed by atoms with Crippen LogP contribution in [0.4, 0.5) is 13.2 Å². The number of benzene rings is 1. The molecule has 1 aromatic rings. The molecule has 2 amide bonds. The van der Waals surface area contributed by atoms with Gasteiger partial charge < -0.3 is 15.3 Å². The first-order valence-corrected chi connectivity index (χ1v) is 10.6. The molecule has 4 atom stereocenters. The second-order valence-electron chi connectivity index (χ2n) is 8.47. The summed E-state index contributed by atoms with van der Waals surface area (Å²) >= 11 is 0. The Labute approximate surface area is 174 Å². The second kappa shape index (κ2) is 9.37. The largest absolute Gasteiger partial charge is 0.416 e. The molecule has 2 aliphatic rings. The number of alkyl halides is 3. The number of nitrogens with one attached hydrogen (secondary N) is 1. The van der Waals surface area contributed by atoms with E-state index in [-0.39, 0.29) is 18.0 Å². The van der Waals surface area contributed by atoms with Gasteiger partial charge in [0.25, 0.3) is 0 Å². The number of hydrogen-bond acceptors (Lipinski definition) is 3. The SMILES string of the molecule is CC(O)CC1CCCCN1C(=O)C(=O)N[C@@H]1CCC[C@H]1c1ccc(C(F)(F)F)cc1. The molecule has 1 aromatic carbocycles. The molecule has 0 spiro atoms. The Balaban J connectivity index is 1.65. The van der Waals surface area contributed by atoms with E-state index in [1.54, 1.807) is 11.8 Å². The Morgan fingerprint density at radius 3 is 2.47 bits per heavy atom. The first-order valence-electron chi connectivity index (χ1n) is 10.6. The molecule has 1 aliphatic carbocycles. The molecule has 2 unspecified atom stereocenters. The van der Waals surface area contributed by atoms with Crippen molar-refractivity contribution in [1.82, 2.24) is 10.2 Å². The third-order valence-corrected chi connectivity index (χ3v) is 6.19.